The Morgan fingerprint density at radius 1 is 0.421 bits per heavy atom. The van der Waals surface area contributed by atoms with Gasteiger partial charge in [0.1, 0.15) is 0 Å². The number of hydrogen-bond donors (Lipinski definition) is 0. The van der Waals surface area contributed by atoms with E-state index in [1.807, 2.05) is 27.7 Å². The standard InChI is InChI=1S/C32H28N2.2C2H6/c1-33(2)25-14-8-21(9-15-25)29-20-30(22-10-16-26(17-11-22)34(3)4)28-19-13-24-7-5-6-23-12-18-27(29)32(28)31(23)24;2*1-2/h5-20H,1-4H3;2*1-2H3. The van der Waals surface area contributed by atoms with Gasteiger partial charge in [0, 0.05) is 39.6 Å². The van der Waals surface area contributed by atoms with Crippen molar-refractivity contribution in [1.29, 1.82) is 0 Å². The molecule has 0 saturated heterocycles. The summed E-state index contributed by atoms with van der Waals surface area (Å²) in [5, 5.41) is 7.93. The Bertz CT molecular complexity index is 1510. The third-order valence-corrected chi connectivity index (χ3v) is 7.04. The van der Waals surface area contributed by atoms with E-state index in [0.29, 0.717) is 0 Å². The lowest BCUT2D eigenvalue weighted by molar-refractivity contribution is 1.13. The van der Waals surface area contributed by atoms with Crippen LogP contribution in [0.4, 0.5) is 11.4 Å². The van der Waals surface area contributed by atoms with Crippen molar-refractivity contribution in [2.45, 2.75) is 27.7 Å². The lowest BCUT2D eigenvalue weighted by Gasteiger charge is -2.19. The highest BCUT2D eigenvalue weighted by Gasteiger charge is 2.16. The highest BCUT2D eigenvalue weighted by molar-refractivity contribution is 6.28. The molecule has 0 fully saturated rings. The first-order valence-corrected chi connectivity index (χ1v) is 13.8. The van der Waals surface area contributed by atoms with Crippen LogP contribution in [0.15, 0.2) is 97.1 Å². The number of rotatable bonds is 4. The zero-order valence-corrected chi connectivity index (χ0v) is 24.1. The quantitative estimate of drug-likeness (QED) is 0.222. The van der Waals surface area contributed by atoms with Gasteiger partial charge in [0.15, 0.2) is 0 Å². The molecule has 0 bridgehead atoms. The molecule has 0 aliphatic heterocycles. The van der Waals surface area contributed by atoms with Crippen LogP contribution in [0.2, 0.25) is 0 Å². The van der Waals surface area contributed by atoms with Crippen LogP contribution in [0, 0.1) is 0 Å². The Morgan fingerprint density at radius 2 is 0.816 bits per heavy atom. The first-order chi connectivity index (χ1) is 18.5. The van der Waals surface area contributed by atoms with E-state index < -0.39 is 0 Å². The van der Waals surface area contributed by atoms with Crippen molar-refractivity contribution in [2.24, 2.45) is 0 Å². The maximum atomic E-state index is 2.39. The fourth-order valence-electron chi connectivity index (χ4n) is 5.19. The number of benzene rings is 6. The summed E-state index contributed by atoms with van der Waals surface area (Å²) in [5.41, 5.74) is 7.47. The molecule has 0 unspecified atom stereocenters. The molecule has 38 heavy (non-hydrogen) atoms. The Hall–Kier alpha value is -4.04. The van der Waals surface area contributed by atoms with Gasteiger partial charge in [-0.05, 0) is 84.9 Å². The Morgan fingerprint density at radius 3 is 1.18 bits per heavy atom. The fraction of sp³-hybridized carbons (Fsp3) is 0.222. The third-order valence-electron chi connectivity index (χ3n) is 7.04. The Labute approximate surface area is 228 Å². The summed E-state index contributed by atoms with van der Waals surface area (Å²) < 4.78 is 0. The van der Waals surface area contributed by atoms with Gasteiger partial charge in [0.25, 0.3) is 0 Å². The van der Waals surface area contributed by atoms with Gasteiger partial charge in [-0.25, -0.2) is 0 Å². The first kappa shape index (κ1) is 27.0. The second-order valence-electron chi connectivity index (χ2n) is 9.53. The van der Waals surface area contributed by atoms with E-state index in [0.717, 1.165) is 0 Å². The zero-order chi connectivity index (χ0) is 27.4. The molecule has 0 aromatic heterocycles. The average molecular weight is 501 g/mol. The number of anilines is 2. The van der Waals surface area contributed by atoms with Gasteiger partial charge in [-0.1, -0.05) is 94.4 Å². The first-order valence-electron chi connectivity index (χ1n) is 13.8. The summed E-state index contributed by atoms with van der Waals surface area (Å²) in [6, 6.07) is 36.0. The zero-order valence-electron chi connectivity index (χ0n) is 24.1. The van der Waals surface area contributed by atoms with Crippen LogP contribution in [0.3, 0.4) is 0 Å². The smallest absolute Gasteiger partial charge is 0.0361 e. The normalized spacial score (nSPS) is 10.6. The van der Waals surface area contributed by atoms with Gasteiger partial charge < -0.3 is 9.80 Å². The second kappa shape index (κ2) is 11.6. The molecule has 194 valence electrons. The second-order valence-corrected chi connectivity index (χ2v) is 9.53. The van der Waals surface area contributed by atoms with E-state index in [4.69, 9.17) is 0 Å². The summed E-state index contributed by atoms with van der Waals surface area (Å²) >= 11 is 0. The van der Waals surface area contributed by atoms with Gasteiger partial charge >= 0.3 is 0 Å². The highest BCUT2D eigenvalue weighted by Crippen LogP contribution is 2.44. The van der Waals surface area contributed by atoms with E-state index in [1.54, 1.807) is 0 Å². The van der Waals surface area contributed by atoms with Crippen LogP contribution >= 0.6 is 0 Å². The van der Waals surface area contributed by atoms with Crippen molar-refractivity contribution in [3.05, 3.63) is 97.1 Å². The molecule has 0 atom stereocenters. The summed E-state index contributed by atoms with van der Waals surface area (Å²) in [7, 11) is 8.34. The van der Waals surface area contributed by atoms with Gasteiger partial charge in [-0.2, -0.15) is 0 Å². The van der Waals surface area contributed by atoms with Crippen LogP contribution < -0.4 is 9.80 Å². The molecule has 0 radical (unpaired) electrons. The maximum Gasteiger partial charge on any atom is 0.0361 e. The van der Waals surface area contributed by atoms with Crippen molar-refractivity contribution in [3.8, 4) is 22.3 Å². The molecular formula is C36H40N2. The Balaban J connectivity index is 0.000000804. The molecule has 6 aromatic rings. The predicted octanol–water partition coefficient (Wildman–Crippen LogP) is 10.1. The van der Waals surface area contributed by atoms with Crippen molar-refractivity contribution in [3.63, 3.8) is 0 Å². The molecule has 0 heterocycles. The lowest BCUT2D eigenvalue weighted by atomic mass is 9.85. The van der Waals surface area contributed by atoms with Crippen LogP contribution in [0.1, 0.15) is 27.7 Å². The molecule has 0 saturated carbocycles. The SMILES string of the molecule is CC.CC.CN(C)c1ccc(-c2cc(-c3ccc(N(C)C)cc3)c3ccc4cccc5ccc2c3c54)cc1. The van der Waals surface area contributed by atoms with Crippen molar-refractivity contribution in [1.82, 2.24) is 0 Å². The maximum absolute atomic E-state index is 2.39. The molecule has 0 N–H and O–H groups in total. The van der Waals surface area contributed by atoms with E-state index >= 15 is 0 Å². The Kier molecular flexibility index (Phi) is 8.22. The largest absolute Gasteiger partial charge is 0.378 e. The fourth-order valence-corrected chi connectivity index (χ4v) is 5.19. The molecule has 2 heteroatoms. The van der Waals surface area contributed by atoms with Crippen LogP contribution in [0.25, 0.3) is 54.6 Å². The molecular weight excluding hydrogens is 460 g/mol. The molecule has 6 aromatic carbocycles. The van der Waals surface area contributed by atoms with Gasteiger partial charge in [0.2, 0.25) is 0 Å². The van der Waals surface area contributed by atoms with E-state index in [9.17, 15) is 0 Å². The van der Waals surface area contributed by atoms with Gasteiger partial charge in [-0.15, -0.1) is 0 Å². The molecule has 2 nitrogen and oxygen atoms in total. The summed E-state index contributed by atoms with van der Waals surface area (Å²) in [4.78, 5) is 4.29. The third kappa shape index (κ3) is 4.79. The lowest BCUT2D eigenvalue weighted by Crippen LogP contribution is -2.08. The van der Waals surface area contributed by atoms with Gasteiger partial charge in [0.05, 0.1) is 0 Å². The topological polar surface area (TPSA) is 6.48 Å². The highest BCUT2D eigenvalue weighted by atomic mass is 15.1. The van der Waals surface area contributed by atoms with Crippen LogP contribution in [-0.4, -0.2) is 28.2 Å². The van der Waals surface area contributed by atoms with E-state index in [1.165, 1.54) is 65.9 Å². The van der Waals surface area contributed by atoms with Crippen molar-refractivity contribution in [2.75, 3.05) is 38.0 Å². The van der Waals surface area contributed by atoms with Crippen molar-refractivity contribution >= 4 is 43.7 Å². The number of hydrogen-bond acceptors (Lipinski definition) is 2. The average Bonchev–Trinajstić information content (AvgIpc) is 2.98. The molecule has 0 spiro atoms. The summed E-state index contributed by atoms with van der Waals surface area (Å²) in [5.74, 6) is 0. The molecule has 0 aliphatic carbocycles. The monoisotopic (exact) mass is 500 g/mol. The van der Waals surface area contributed by atoms with E-state index in [2.05, 4.69) is 135 Å². The summed E-state index contributed by atoms with van der Waals surface area (Å²) in [6.07, 6.45) is 0. The molecule has 6 rings (SSSR count). The molecule has 0 amide bonds. The van der Waals surface area contributed by atoms with Crippen LogP contribution in [0.5, 0.6) is 0 Å². The van der Waals surface area contributed by atoms with Crippen molar-refractivity contribution < 1.29 is 0 Å². The predicted molar refractivity (Wildman–Crippen MR) is 172 cm³/mol. The minimum atomic E-state index is 1.21. The van der Waals surface area contributed by atoms with E-state index in [-0.39, 0.29) is 0 Å². The minimum absolute atomic E-state index is 1.21. The summed E-state index contributed by atoms with van der Waals surface area (Å²) in [6.45, 7) is 8.00. The van der Waals surface area contributed by atoms with Crippen LogP contribution in [-0.2, 0) is 0 Å². The number of nitrogens with zero attached hydrogens (tertiary/aromatic N) is 2. The minimum Gasteiger partial charge on any atom is -0.378 e. The molecule has 0 aliphatic rings. The van der Waals surface area contributed by atoms with Gasteiger partial charge in [-0.3, -0.25) is 0 Å².